The lowest BCUT2D eigenvalue weighted by atomic mass is 9.88. The standard InChI is InChI=1S/C37H32N2O.ClH.H3N/c1-3-40-32-24-18-27(19-25-32)26-38-31-22-20-29(21-23-31)35(28-12-6-4-7-13-28)36-33-16-10-11-17-34(33)39(2)37(36)30-14-8-5-9-15-30;;/h4-25H,3,26H2,1-2H3;1H;1H3. The van der Waals surface area contributed by atoms with Crippen LogP contribution in [-0.4, -0.2) is 16.9 Å². The summed E-state index contributed by atoms with van der Waals surface area (Å²) in [6.45, 7) is 3.29. The van der Waals surface area contributed by atoms with Gasteiger partial charge in [-0.2, -0.15) is 0 Å². The molecule has 0 saturated carbocycles. The number of allylic oxidation sites excluding steroid dienone is 5. The molecule has 4 aromatic carbocycles. The van der Waals surface area contributed by atoms with Crippen molar-refractivity contribution in [3.8, 4) is 17.0 Å². The van der Waals surface area contributed by atoms with Gasteiger partial charge in [-0.3, -0.25) is 4.99 Å². The van der Waals surface area contributed by atoms with Crippen LogP contribution in [-0.2, 0) is 13.6 Å². The summed E-state index contributed by atoms with van der Waals surface area (Å²) in [5, 5.41) is 1.24. The summed E-state index contributed by atoms with van der Waals surface area (Å²) in [6, 6.07) is 38.3. The van der Waals surface area contributed by atoms with E-state index in [1.807, 2.05) is 19.1 Å². The summed E-state index contributed by atoms with van der Waals surface area (Å²) in [5.41, 5.74) is 10.6. The number of aliphatic imine (C=N–C) groups is 1. The Morgan fingerprint density at radius 3 is 2.02 bits per heavy atom. The largest absolute Gasteiger partial charge is 0.494 e. The third-order valence-electron chi connectivity index (χ3n) is 7.30. The number of aromatic nitrogens is 1. The predicted molar refractivity (Wildman–Crippen MR) is 180 cm³/mol. The number of halogens is 1. The molecule has 1 heterocycles. The first-order valence-electron chi connectivity index (χ1n) is 13.8. The van der Waals surface area contributed by atoms with E-state index in [9.17, 15) is 0 Å². The lowest BCUT2D eigenvalue weighted by Gasteiger charge is -2.16. The molecule has 5 aromatic rings. The normalized spacial score (nSPS) is 12.0. The van der Waals surface area contributed by atoms with Gasteiger partial charge in [-0.05, 0) is 65.1 Å². The molecule has 4 nitrogen and oxygen atoms in total. The molecule has 0 atom stereocenters. The second-order valence-corrected chi connectivity index (χ2v) is 9.85. The highest BCUT2D eigenvalue weighted by atomic mass is 35.5. The Morgan fingerprint density at radius 2 is 1.36 bits per heavy atom. The first kappa shape index (κ1) is 30.3. The molecule has 0 fully saturated rings. The Hall–Kier alpha value is -4.64. The third-order valence-corrected chi connectivity index (χ3v) is 7.30. The van der Waals surface area contributed by atoms with E-state index in [4.69, 9.17) is 9.73 Å². The first-order valence-corrected chi connectivity index (χ1v) is 13.8. The molecule has 0 saturated heterocycles. The van der Waals surface area contributed by atoms with Crippen LogP contribution in [0, 0.1) is 0 Å². The molecule has 1 aliphatic carbocycles. The minimum absolute atomic E-state index is 0. The number of ether oxygens (including phenoxy) is 1. The highest BCUT2D eigenvalue weighted by Gasteiger charge is 2.22. The van der Waals surface area contributed by atoms with Crippen molar-refractivity contribution in [1.29, 1.82) is 0 Å². The molecule has 3 N–H and O–H groups in total. The predicted octanol–water partition coefficient (Wildman–Crippen LogP) is 9.40. The monoisotopic (exact) mass is 573 g/mol. The fraction of sp³-hybridized carbons (Fsp3) is 0.108. The average molecular weight is 574 g/mol. The summed E-state index contributed by atoms with van der Waals surface area (Å²) in [6.07, 6.45) is 8.66. The highest BCUT2D eigenvalue weighted by Crippen LogP contribution is 2.42. The Morgan fingerprint density at radius 1 is 0.738 bits per heavy atom. The summed E-state index contributed by atoms with van der Waals surface area (Å²) < 4.78 is 7.89. The Labute approximate surface area is 254 Å². The van der Waals surface area contributed by atoms with E-state index in [2.05, 4.69) is 133 Å². The van der Waals surface area contributed by atoms with Crippen molar-refractivity contribution in [3.05, 3.63) is 156 Å². The maximum Gasteiger partial charge on any atom is 0.119 e. The molecular formula is C37H36ClN3O. The van der Waals surface area contributed by atoms with Crippen LogP contribution in [0.4, 0.5) is 0 Å². The van der Waals surface area contributed by atoms with Crippen LogP contribution in [0.15, 0.2) is 144 Å². The van der Waals surface area contributed by atoms with Gasteiger partial charge in [0.2, 0.25) is 0 Å². The molecule has 0 radical (unpaired) electrons. The summed E-state index contributed by atoms with van der Waals surface area (Å²) in [7, 11) is 2.17. The van der Waals surface area contributed by atoms with Gasteiger partial charge in [-0.25, -0.2) is 0 Å². The molecular weight excluding hydrogens is 538 g/mol. The van der Waals surface area contributed by atoms with Gasteiger partial charge in [0.05, 0.1) is 24.6 Å². The van der Waals surface area contributed by atoms with Crippen LogP contribution in [0.5, 0.6) is 5.75 Å². The zero-order valence-electron chi connectivity index (χ0n) is 24.0. The van der Waals surface area contributed by atoms with Crippen LogP contribution in [0.25, 0.3) is 27.7 Å². The molecule has 212 valence electrons. The van der Waals surface area contributed by atoms with Gasteiger partial charge in [0.25, 0.3) is 0 Å². The lowest BCUT2D eigenvalue weighted by molar-refractivity contribution is 0.340. The van der Waals surface area contributed by atoms with Crippen molar-refractivity contribution in [2.75, 3.05) is 6.61 Å². The molecule has 42 heavy (non-hydrogen) atoms. The molecule has 1 aromatic heterocycles. The first-order chi connectivity index (χ1) is 19.7. The topological polar surface area (TPSA) is 61.5 Å². The van der Waals surface area contributed by atoms with Crippen LogP contribution in [0.1, 0.15) is 23.6 Å². The SMILES string of the molecule is CCOc1ccc(CN=C2C=CC(=C(c3ccccc3)c3c(-c4ccccc4)n(C)c4ccccc34)C=C2)cc1.Cl.N. The summed E-state index contributed by atoms with van der Waals surface area (Å²) in [4.78, 5) is 4.86. The highest BCUT2D eigenvalue weighted by molar-refractivity contribution is 6.10. The number of fused-ring (bicyclic) bond motifs is 1. The molecule has 0 amide bonds. The van der Waals surface area contributed by atoms with E-state index in [-0.39, 0.29) is 18.6 Å². The summed E-state index contributed by atoms with van der Waals surface area (Å²) in [5.74, 6) is 0.892. The van der Waals surface area contributed by atoms with Gasteiger partial charge in [0, 0.05) is 23.5 Å². The van der Waals surface area contributed by atoms with Gasteiger partial charge in [-0.1, -0.05) is 103 Å². The number of aryl methyl sites for hydroxylation is 1. The Kier molecular flexibility index (Phi) is 9.98. The molecule has 0 unspecified atom stereocenters. The maximum absolute atomic E-state index is 5.56. The fourth-order valence-electron chi connectivity index (χ4n) is 5.41. The van der Waals surface area contributed by atoms with E-state index in [1.165, 1.54) is 44.4 Å². The van der Waals surface area contributed by atoms with E-state index in [0.717, 1.165) is 17.0 Å². The van der Waals surface area contributed by atoms with E-state index < -0.39 is 0 Å². The number of hydrogen-bond donors (Lipinski definition) is 1. The van der Waals surface area contributed by atoms with E-state index >= 15 is 0 Å². The van der Waals surface area contributed by atoms with E-state index in [0.29, 0.717) is 13.2 Å². The lowest BCUT2D eigenvalue weighted by Crippen LogP contribution is -2.00. The van der Waals surface area contributed by atoms with Crippen LogP contribution >= 0.6 is 12.4 Å². The number of benzene rings is 4. The Balaban J connectivity index is 0.00000202. The van der Waals surface area contributed by atoms with E-state index in [1.54, 1.807) is 0 Å². The van der Waals surface area contributed by atoms with Crippen molar-refractivity contribution >= 4 is 34.6 Å². The quantitative estimate of drug-likeness (QED) is 0.211. The van der Waals surface area contributed by atoms with Gasteiger partial charge < -0.3 is 15.5 Å². The summed E-state index contributed by atoms with van der Waals surface area (Å²) >= 11 is 0. The van der Waals surface area contributed by atoms with Crippen LogP contribution in [0.2, 0.25) is 0 Å². The Bertz CT molecular complexity index is 1750. The van der Waals surface area contributed by atoms with Crippen molar-refractivity contribution < 1.29 is 4.74 Å². The fourth-order valence-corrected chi connectivity index (χ4v) is 5.41. The number of rotatable bonds is 7. The number of hydrogen-bond acceptors (Lipinski definition) is 3. The number of nitrogens with zero attached hydrogens (tertiary/aromatic N) is 2. The van der Waals surface area contributed by atoms with Gasteiger partial charge >= 0.3 is 0 Å². The average Bonchev–Trinajstić information content (AvgIpc) is 3.30. The van der Waals surface area contributed by atoms with Crippen molar-refractivity contribution in [2.45, 2.75) is 13.5 Å². The number of para-hydroxylation sites is 1. The molecule has 6 rings (SSSR count). The molecule has 1 aliphatic rings. The van der Waals surface area contributed by atoms with Crippen molar-refractivity contribution in [3.63, 3.8) is 0 Å². The second-order valence-electron chi connectivity index (χ2n) is 9.85. The van der Waals surface area contributed by atoms with Crippen molar-refractivity contribution in [2.24, 2.45) is 12.0 Å². The van der Waals surface area contributed by atoms with Crippen LogP contribution < -0.4 is 10.9 Å². The van der Waals surface area contributed by atoms with Crippen LogP contribution in [0.3, 0.4) is 0 Å². The molecule has 0 bridgehead atoms. The second kappa shape index (κ2) is 13.8. The molecule has 5 heteroatoms. The maximum atomic E-state index is 5.56. The third kappa shape index (κ3) is 6.15. The van der Waals surface area contributed by atoms with Gasteiger partial charge in [0.15, 0.2) is 0 Å². The van der Waals surface area contributed by atoms with Crippen molar-refractivity contribution in [1.82, 2.24) is 10.7 Å². The van der Waals surface area contributed by atoms with Gasteiger partial charge in [0.1, 0.15) is 5.75 Å². The molecule has 0 spiro atoms. The minimum Gasteiger partial charge on any atom is -0.494 e. The van der Waals surface area contributed by atoms with Gasteiger partial charge in [-0.15, -0.1) is 12.4 Å². The smallest absolute Gasteiger partial charge is 0.119 e. The molecule has 0 aliphatic heterocycles. The zero-order chi connectivity index (χ0) is 27.3. The minimum atomic E-state index is 0. The zero-order valence-corrected chi connectivity index (χ0v) is 24.9.